The van der Waals surface area contributed by atoms with Gasteiger partial charge in [-0.1, -0.05) is 167 Å². The number of amides is 1. The summed E-state index contributed by atoms with van der Waals surface area (Å²) in [7, 11) is 0. The van der Waals surface area contributed by atoms with Crippen molar-refractivity contribution in [1.29, 1.82) is 5.41 Å². The number of ether oxygens (including phenoxy) is 15. The van der Waals surface area contributed by atoms with Crippen molar-refractivity contribution >= 4 is 117 Å². The van der Waals surface area contributed by atoms with E-state index in [4.69, 9.17) is 146 Å². The van der Waals surface area contributed by atoms with Gasteiger partial charge < -0.3 is 76.4 Å². The van der Waals surface area contributed by atoms with Gasteiger partial charge in [0.2, 0.25) is 16.0 Å². The maximum absolute atomic E-state index is 14.4. The molecule has 0 unspecified atom stereocenters. The Hall–Kier alpha value is -6.10. The minimum atomic E-state index is -2.62. The number of esters is 6. The average Bonchev–Trinajstić information content (AvgIpc) is 1.08. The van der Waals surface area contributed by atoms with Gasteiger partial charge in [0.15, 0.2) is 43.1 Å². The normalized spacial score (nSPS) is 26.9. The van der Waals surface area contributed by atoms with E-state index in [-0.39, 0.29) is 24.3 Å². The standard InChI is InChI=1S/C59H62Cl6N2O22/c1-31-43(85-51(72)38-22-14-8-15-23-38)47(86-52(73)39-24-16-9-17-25-39)49(77-27-37-20-12-7-13-21-37)54(79-31)88-46-42(67-57(74)78-30-58(60,61)62)53(89-56(66)59(63,64)65)83-40(28-75-26-36-18-10-6-11-19-36)44(46)87-55-50(82-35(5)71)48(81-34(4)70)45(80-33(3)69)41(84-55)29-76-32(2)68/h6-25,31,40-50,53-55,66H,26-30H2,1-5H3,(H,67,74)/t31-,40+,41+,42+,43+,44+,45-,46+,47+,48-,49-,50+,53+,54-,55-/m0/s1. The van der Waals surface area contributed by atoms with Crippen LogP contribution in [0.15, 0.2) is 121 Å². The topological polar surface area (TPSA) is 294 Å². The number of carbonyl (C=O) groups is 7. The molecule has 24 nitrogen and oxygen atoms in total. The van der Waals surface area contributed by atoms with Gasteiger partial charge in [-0.2, -0.15) is 0 Å². The fourth-order valence-corrected chi connectivity index (χ4v) is 9.75. The average molecular weight is 1360 g/mol. The Morgan fingerprint density at radius 3 is 1.47 bits per heavy atom. The number of alkyl halides is 6. The molecule has 0 radical (unpaired) electrons. The number of rotatable bonds is 23. The van der Waals surface area contributed by atoms with Crippen LogP contribution in [0.5, 0.6) is 0 Å². The molecule has 0 aromatic heterocycles. The van der Waals surface area contributed by atoms with Gasteiger partial charge in [0.05, 0.1) is 37.1 Å². The first-order chi connectivity index (χ1) is 42.2. The predicted octanol–water partition coefficient (Wildman–Crippen LogP) is 8.39. The molecule has 3 heterocycles. The van der Waals surface area contributed by atoms with Crippen LogP contribution in [0.2, 0.25) is 0 Å². The van der Waals surface area contributed by atoms with Crippen molar-refractivity contribution in [1.82, 2.24) is 5.32 Å². The quantitative estimate of drug-likeness (QED) is 0.0231. The highest BCUT2D eigenvalue weighted by molar-refractivity contribution is 6.76. The van der Waals surface area contributed by atoms with E-state index in [0.29, 0.717) is 11.1 Å². The Morgan fingerprint density at radius 2 is 0.944 bits per heavy atom. The molecule has 482 valence electrons. The lowest BCUT2D eigenvalue weighted by Gasteiger charge is -2.51. The van der Waals surface area contributed by atoms with Crippen LogP contribution in [0.1, 0.15) is 66.5 Å². The number of benzene rings is 4. The van der Waals surface area contributed by atoms with E-state index in [1.54, 1.807) is 97.1 Å². The number of carbonyl (C=O) groups excluding carboxylic acids is 7. The molecule has 4 aromatic carbocycles. The van der Waals surface area contributed by atoms with E-state index in [1.807, 2.05) is 0 Å². The SMILES string of the molecule is CC(=O)OC[C@H]1O[C@@H](O[C@H]2[C@H](O[C@@H]3O[C@@H](C)[C@@H](OC(=O)c4ccccc4)[C@@H](OC(=O)c4ccccc4)[C@@H]3OCc3ccccc3)[C@@H](NC(=O)OCC(Cl)(Cl)Cl)[C@@H](OC(=N)C(Cl)(Cl)Cl)O[C@@H]2COCc2ccccc2)[C@H](OC(C)=O)[C@@H](OC(C)=O)[C@H]1OC(C)=O. The van der Waals surface area contributed by atoms with Crippen LogP contribution in [0.4, 0.5) is 4.79 Å². The second-order valence-corrected chi connectivity index (χ2v) is 24.9. The highest BCUT2D eigenvalue weighted by Crippen LogP contribution is 2.40. The van der Waals surface area contributed by atoms with Gasteiger partial charge >= 0.3 is 41.9 Å². The predicted molar refractivity (Wildman–Crippen MR) is 315 cm³/mol. The third-order valence-corrected chi connectivity index (χ3v) is 14.1. The second kappa shape index (κ2) is 32.8. The fourth-order valence-electron chi connectivity index (χ4n) is 9.45. The monoisotopic (exact) mass is 1360 g/mol. The van der Waals surface area contributed by atoms with E-state index in [9.17, 15) is 33.6 Å². The highest BCUT2D eigenvalue weighted by atomic mass is 35.6. The number of hydrogen-bond donors (Lipinski definition) is 2. The van der Waals surface area contributed by atoms with Gasteiger partial charge in [-0.3, -0.25) is 24.6 Å². The van der Waals surface area contributed by atoms with Gasteiger partial charge in [-0.05, 0) is 42.3 Å². The molecule has 3 aliphatic heterocycles. The third-order valence-electron chi connectivity index (χ3n) is 13.2. The largest absolute Gasteiger partial charge is 0.463 e. The summed E-state index contributed by atoms with van der Waals surface area (Å²) in [5.74, 6) is -6.63. The van der Waals surface area contributed by atoms with Crippen LogP contribution in [-0.4, -0.2) is 167 Å². The van der Waals surface area contributed by atoms with Crippen LogP contribution in [0.25, 0.3) is 0 Å². The van der Waals surface area contributed by atoms with Crippen LogP contribution >= 0.6 is 69.6 Å². The summed E-state index contributed by atoms with van der Waals surface area (Å²) in [6, 6.07) is 31.2. The molecule has 3 fully saturated rings. The van der Waals surface area contributed by atoms with Crippen LogP contribution in [-0.2, 0) is 103 Å². The molecule has 4 aromatic rings. The van der Waals surface area contributed by atoms with E-state index in [2.05, 4.69) is 5.32 Å². The van der Waals surface area contributed by atoms with E-state index >= 15 is 0 Å². The number of halogens is 6. The molecule has 3 aliphatic rings. The van der Waals surface area contributed by atoms with E-state index in [1.165, 1.54) is 31.2 Å². The maximum atomic E-state index is 14.4. The Labute approximate surface area is 540 Å². The Kier molecular flexibility index (Phi) is 25.9. The minimum absolute atomic E-state index is 0.0640. The minimum Gasteiger partial charge on any atom is -0.463 e. The summed E-state index contributed by atoms with van der Waals surface area (Å²) in [5, 5.41) is 11.4. The van der Waals surface area contributed by atoms with Crippen molar-refractivity contribution in [2.45, 2.75) is 147 Å². The first kappa shape index (κ1) is 70.4. The number of hydrogen-bond acceptors (Lipinski definition) is 23. The lowest BCUT2D eigenvalue weighted by atomic mass is 9.94. The summed E-state index contributed by atoms with van der Waals surface area (Å²) < 4.78 is 88.3. The molecule has 89 heavy (non-hydrogen) atoms. The van der Waals surface area contributed by atoms with E-state index in [0.717, 1.165) is 27.7 Å². The zero-order valence-corrected chi connectivity index (χ0v) is 52.5. The third kappa shape index (κ3) is 21.0. The Morgan fingerprint density at radius 1 is 0.483 bits per heavy atom. The summed E-state index contributed by atoms with van der Waals surface area (Å²) in [4.78, 5) is 94.3. The van der Waals surface area contributed by atoms with E-state index < -0.39 is 167 Å². The molecule has 30 heteroatoms. The van der Waals surface area contributed by atoms with Crippen molar-refractivity contribution in [3.63, 3.8) is 0 Å². The van der Waals surface area contributed by atoms with Crippen LogP contribution < -0.4 is 5.32 Å². The Bertz CT molecular complexity index is 3020. The first-order valence-electron chi connectivity index (χ1n) is 27.3. The van der Waals surface area contributed by atoms with Gasteiger partial charge in [0.25, 0.3) is 3.79 Å². The Balaban J connectivity index is 1.45. The summed E-state index contributed by atoms with van der Waals surface area (Å²) in [6.45, 7) is 3.05. The second-order valence-electron chi connectivity index (χ2n) is 20.1. The first-order valence-corrected chi connectivity index (χ1v) is 29.5. The van der Waals surface area contributed by atoms with Crippen molar-refractivity contribution in [3.8, 4) is 0 Å². The highest BCUT2D eigenvalue weighted by Gasteiger charge is 2.60. The van der Waals surface area contributed by atoms with Crippen molar-refractivity contribution in [3.05, 3.63) is 144 Å². The zero-order valence-electron chi connectivity index (χ0n) is 48.0. The molecule has 0 bridgehead atoms. The number of nitrogens with one attached hydrogen (secondary N) is 2. The molecule has 0 saturated carbocycles. The zero-order chi connectivity index (χ0) is 64.6. The molecular formula is C59H62Cl6N2O22. The molecule has 2 N–H and O–H groups in total. The molecule has 7 rings (SSSR count). The van der Waals surface area contributed by atoms with Gasteiger partial charge in [0.1, 0.15) is 49.8 Å². The van der Waals surface area contributed by atoms with Gasteiger partial charge in [0, 0.05) is 27.7 Å². The van der Waals surface area contributed by atoms with Crippen molar-refractivity contribution in [2.24, 2.45) is 0 Å². The van der Waals surface area contributed by atoms with Crippen LogP contribution in [0.3, 0.4) is 0 Å². The van der Waals surface area contributed by atoms with Crippen molar-refractivity contribution < 1.29 is 105 Å². The summed E-state index contributed by atoms with van der Waals surface area (Å²) in [6.07, 6.45) is -26.0. The molecule has 0 spiro atoms. The molecule has 3 saturated heterocycles. The lowest BCUT2D eigenvalue weighted by molar-refractivity contribution is -0.372. The molecular weight excluding hydrogens is 1300 g/mol. The molecule has 15 atom stereocenters. The molecule has 0 aliphatic carbocycles. The van der Waals surface area contributed by atoms with Crippen LogP contribution in [0, 0.1) is 5.41 Å². The van der Waals surface area contributed by atoms with Gasteiger partial charge in [-0.15, -0.1) is 0 Å². The lowest BCUT2D eigenvalue weighted by Crippen LogP contribution is -2.71. The van der Waals surface area contributed by atoms with Crippen molar-refractivity contribution in [2.75, 3.05) is 19.8 Å². The fraction of sp³-hybridized carbons (Fsp3) is 0.458. The summed E-state index contributed by atoms with van der Waals surface area (Å²) in [5.41, 5.74) is 1.39. The molecule has 1 amide bonds. The maximum Gasteiger partial charge on any atom is 0.407 e. The summed E-state index contributed by atoms with van der Waals surface area (Å²) >= 11 is 36.8. The smallest absolute Gasteiger partial charge is 0.407 e. The van der Waals surface area contributed by atoms with Gasteiger partial charge in [-0.25, -0.2) is 14.4 Å². The number of alkyl carbamates (subject to hydrolysis) is 1.